The zero-order valence-corrected chi connectivity index (χ0v) is 15.3. The Bertz CT molecular complexity index is 837. The van der Waals surface area contributed by atoms with Crippen molar-refractivity contribution in [3.63, 3.8) is 0 Å². The molecule has 6 nitrogen and oxygen atoms in total. The van der Waals surface area contributed by atoms with E-state index >= 15 is 0 Å². The van der Waals surface area contributed by atoms with Crippen LogP contribution < -0.4 is 9.47 Å². The van der Waals surface area contributed by atoms with Gasteiger partial charge in [-0.25, -0.2) is 0 Å². The molecule has 1 aliphatic heterocycles. The van der Waals surface area contributed by atoms with Gasteiger partial charge in [-0.2, -0.15) is 0 Å². The predicted molar refractivity (Wildman–Crippen MR) is 95.8 cm³/mol. The molecule has 0 N–H and O–H groups in total. The summed E-state index contributed by atoms with van der Waals surface area (Å²) in [4.78, 5) is 23.9. The summed E-state index contributed by atoms with van der Waals surface area (Å²) in [5.74, 6) is 0.970. The molecule has 0 aliphatic carbocycles. The highest BCUT2D eigenvalue weighted by molar-refractivity contribution is 5.99. The first-order valence-corrected chi connectivity index (χ1v) is 8.73. The maximum atomic E-state index is 12.4. The van der Waals surface area contributed by atoms with E-state index in [9.17, 15) is 9.59 Å². The Balaban J connectivity index is 1.73. The third-order valence-corrected chi connectivity index (χ3v) is 4.47. The van der Waals surface area contributed by atoms with Gasteiger partial charge in [0.25, 0.3) is 0 Å². The number of hydrogen-bond donors (Lipinski definition) is 0. The van der Waals surface area contributed by atoms with Crippen LogP contribution in [0, 0.1) is 13.8 Å². The number of esters is 1. The van der Waals surface area contributed by atoms with Crippen molar-refractivity contribution in [2.75, 3.05) is 13.4 Å². The van der Waals surface area contributed by atoms with Gasteiger partial charge < -0.3 is 18.8 Å². The molecule has 138 valence electrons. The highest BCUT2D eigenvalue weighted by atomic mass is 16.7. The molecular weight excluding hydrogens is 334 g/mol. The Morgan fingerprint density at radius 3 is 2.69 bits per heavy atom. The van der Waals surface area contributed by atoms with Gasteiger partial charge in [0.15, 0.2) is 18.1 Å². The summed E-state index contributed by atoms with van der Waals surface area (Å²) in [5.41, 5.74) is 3.48. The number of benzene rings is 1. The third kappa shape index (κ3) is 3.74. The molecule has 3 rings (SSSR count). The summed E-state index contributed by atoms with van der Waals surface area (Å²) in [6.07, 6.45) is 1.04. The molecule has 1 aliphatic rings. The zero-order valence-electron chi connectivity index (χ0n) is 15.3. The van der Waals surface area contributed by atoms with Crippen molar-refractivity contribution in [1.29, 1.82) is 0 Å². The second-order valence-electron chi connectivity index (χ2n) is 6.39. The van der Waals surface area contributed by atoms with Crippen molar-refractivity contribution in [3.05, 3.63) is 46.8 Å². The third-order valence-electron chi connectivity index (χ3n) is 4.47. The first-order valence-electron chi connectivity index (χ1n) is 8.73. The van der Waals surface area contributed by atoms with Crippen LogP contribution in [0.5, 0.6) is 11.5 Å². The normalized spacial score (nSPS) is 12.3. The van der Waals surface area contributed by atoms with Crippen molar-refractivity contribution >= 4 is 11.8 Å². The quantitative estimate of drug-likeness (QED) is 0.561. The number of fused-ring (bicyclic) bond motifs is 1. The van der Waals surface area contributed by atoms with E-state index in [1.807, 2.05) is 45.0 Å². The summed E-state index contributed by atoms with van der Waals surface area (Å²) >= 11 is 0. The van der Waals surface area contributed by atoms with Gasteiger partial charge in [0, 0.05) is 29.9 Å². The number of carbonyl (C=O) groups excluding carboxylic acids is 2. The van der Waals surface area contributed by atoms with Gasteiger partial charge in [-0.05, 0) is 44.0 Å². The lowest BCUT2D eigenvalue weighted by atomic mass is 10.1. The largest absolute Gasteiger partial charge is 0.457 e. The van der Waals surface area contributed by atoms with Crippen LogP contribution in [0.25, 0.3) is 0 Å². The average Bonchev–Trinajstić information content (AvgIpc) is 3.19. The molecule has 2 aromatic rings. The molecule has 0 saturated carbocycles. The number of Topliss-reactive ketones (excluding diaryl/α,β-unsaturated/α-hetero) is 1. The molecule has 6 heteroatoms. The van der Waals surface area contributed by atoms with Crippen molar-refractivity contribution in [3.8, 4) is 11.5 Å². The lowest BCUT2D eigenvalue weighted by molar-refractivity contribution is -0.142. The summed E-state index contributed by atoms with van der Waals surface area (Å²) < 4.78 is 17.9. The molecule has 1 aromatic heterocycles. The van der Waals surface area contributed by atoms with Gasteiger partial charge in [0.2, 0.25) is 12.6 Å². The number of aryl methyl sites for hydroxylation is 1. The molecule has 0 atom stereocenters. The highest BCUT2D eigenvalue weighted by Gasteiger charge is 2.18. The lowest BCUT2D eigenvalue weighted by Gasteiger charge is -2.11. The minimum absolute atomic E-state index is 0.181. The SMILES string of the molecule is CCCC(=O)OCC(=O)c1cc(C)n(Cc2ccc3c(c2)OCO3)c1C. The number of hydrogen-bond acceptors (Lipinski definition) is 5. The van der Waals surface area contributed by atoms with Gasteiger partial charge in [0.1, 0.15) is 0 Å². The first kappa shape index (κ1) is 18.0. The number of ketones is 1. The lowest BCUT2D eigenvalue weighted by Crippen LogP contribution is -2.14. The Morgan fingerprint density at radius 2 is 1.92 bits per heavy atom. The van der Waals surface area contributed by atoms with Crippen LogP contribution in [-0.4, -0.2) is 29.7 Å². The van der Waals surface area contributed by atoms with Gasteiger partial charge in [0.05, 0.1) is 0 Å². The number of ether oxygens (including phenoxy) is 3. The molecular formula is C20H23NO5. The van der Waals surface area contributed by atoms with Crippen LogP contribution in [0.15, 0.2) is 24.3 Å². The summed E-state index contributed by atoms with van der Waals surface area (Å²) in [6, 6.07) is 7.68. The zero-order chi connectivity index (χ0) is 18.7. The average molecular weight is 357 g/mol. The number of carbonyl (C=O) groups is 2. The predicted octanol–water partition coefficient (Wildman–Crippen LogP) is 3.41. The maximum Gasteiger partial charge on any atom is 0.306 e. The van der Waals surface area contributed by atoms with E-state index in [2.05, 4.69) is 4.57 Å². The number of nitrogens with zero attached hydrogens (tertiary/aromatic N) is 1. The minimum atomic E-state index is -0.338. The van der Waals surface area contributed by atoms with E-state index in [0.717, 1.165) is 28.5 Å². The first-order chi connectivity index (χ1) is 12.5. The second kappa shape index (κ2) is 7.64. The van der Waals surface area contributed by atoms with Crippen molar-refractivity contribution < 1.29 is 23.8 Å². The van der Waals surface area contributed by atoms with E-state index in [1.54, 1.807) is 0 Å². The van der Waals surface area contributed by atoms with Crippen LogP contribution in [-0.2, 0) is 16.1 Å². The fourth-order valence-corrected chi connectivity index (χ4v) is 3.05. The molecule has 26 heavy (non-hydrogen) atoms. The van der Waals surface area contributed by atoms with E-state index in [0.29, 0.717) is 24.9 Å². The van der Waals surface area contributed by atoms with E-state index in [1.165, 1.54) is 0 Å². The molecule has 0 spiro atoms. The van der Waals surface area contributed by atoms with Crippen molar-refractivity contribution in [2.24, 2.45) is 0 Å². The fourth-order valence-electron chi connectivity index (χ4n) is 3.05. The molecule has 0 radical (unpaired) electrons. The molecule has 0 saturated heterocycles. The minimum Gasteiger partial charge on any atom is -0.457 e. The summed E-state index contributed by atoms with van der Waals surface area (Å²) in [7, 11) is 0. The van der Waals surface area contributed by atoms with Gasteiger partial charge >= 0.3 is 5.97 Å². The molecule has 0 fully saturated rings. The maximum absolute atomic E-state index is 12.4. The van der Waals surface area contributed by atoms with Crippen LogP contribution in [0.4, 0.5) is 0 Å². The molecule has 0 bridgehead atoms. The van der Waals surface area contributed by atoms with E-state index < -0.39 is 0 Å². The summed E-state index contributed by atoms with van der Waals surface area (Å²) in [5, 5.41) is 0. The molecule has 0 amide bonds. The molecule has 1 aromatic carbocycles. The van der Waals surface area contributed by atoms with Crippen LogP contribution in [0.1, 0.15) is 47.1 Å². The Hall–Kier alpha value is -2.76. The van der Waals surface area contributed by atoms with Gasteiger partial charge in [-0.3, -0.25) is 9.59 Å². The highest BCUT2D eigenvalue weighted by Crippen LogP contribution is 2.33. The topological polar surface area (TPSA) is 66.8 Å². The van der Waals surface area contributed by atoms with Crippen LogP contribution in [0.3, 0.4) is 0 Å². The van der Waals surface area contributed by atoms with Crippen molar-refractivity contribution in [1.82, 2.24) is 4.57 Å². The van der Waals surface area contributed by atoms with Crippen LogP contribution >= 0.6 is 0 Å². The Kier molecular flexibility index (Phi) is 5.30. The van der Waals surface area contributed by atoms with Crippen molar-refractivity contribution in [2.45, 2.75) is 40.2 Å². The number of rotatable bonds is 7. The van der Waals surface area contributed by atoms with Crippen LogP contribution in [0.2, 0.25) is 0 Å². The number of aromatic nitrogens is 1. The molecule has 0 unspecified atom stereocenters. The Morgan fingerprint density at radius 1 is 1.15 bits per heavy atom. The fraction of sp³-hybridized carbons (Fsp3) is 0.400. The smallest absolute Gasteiger partial charge is 0.306 e. The summed E-state index contributed by atoms with van der Waals surface area (Å²) in [6.45, 7) is 6.41. The molecule has 2 heterocycles. The standard InChI is InChI=1S/C20H23NO5/c1-4-5-20(23)24-11-17(22)16-8-13(2)21(14(16)3)10-15-6-7-18-19(9-15)26-12-25-18/h6-9H,4-5,10-12H2,1-3H3. The van der Waals surface area contributed by atoms with Gasteiger partial charge in [-0.15, -0.1) is 0 Å². The Labute approximate surface area is 152 Å². The van der Waals surface area contributed by atoms with E-state index in [4.69, 9.17) is 14.2 Å². The van der Waals surface area contributed by atoms with E-state index in [-0.39, 0.29) is 25.2 Å². The van der Waals surface area contributed by atoms with Gasteiger partial charge in [-0.1, -0.05) is 13.0 Å². The second-order valence-corrected chi connectivity index (χ2v) is 6.39. The monoisotopic (exact) mass is 357 g/mol.